The highest BCUT2D eigenvalue weighted by Gasteiger charge is 2.32. The second-order valence-electron chi connectivity index (χ2n) is 6.34. The lowest BCUT2D eigenvalue weighted by Crippen LogP contribution is -2.42. The van der Waals surface area contributed by atoms with Crippen molar-refractivity contribution in [2.24, 2.45) is 5.73 Å². The topological polar surface area (TPSA) is 130 Å². The fraction of sp³-hybridized carbons (Fsp3) is 0.250. The van der Waals surface area contributed by atoms with E-state index in [9.17, 15) is 19.2 Å². The van der Waals surface area contributed by atoms with Crippen molar-refractivity contribution in [2.75, 3.05) is 6.54 Å². The van der Waals surface area contributed by atoms with E-state index < -0.39 is 23.8 Å². The van der Waals surface area contributed by atoms with Gasteiger partial charge in [-0.2, -0.15) is 0 Å². The number of carbonyl (C=O) groups is 4. The van der Waals surface area contributed by atoms with Gasteiger partial charge < -0.3 is 16.2 Å². The van der Waals surface area contributed by atoms with Crippen LogP contribution in [0.3, 0.4) is 0 Å². The molecular weight excluding hydrogens is 426 g/mol. The first kappa shape index (κ1) is 23.3. The number of thiocarbonyl (C=S) groups is 1. The number of amides is 3. The first-order chi connectivity index (χ1) is 14.3. The van der Waals surface area contributed by atoms with Crippen LogP contribution in [0.25, 0.3) is 6.08 Å². The van der Waals surface area contributed by atoms with Crippen molar-refractivity contribution in [1.29, 1.82) is 0 Å². The zero-order chi connectivity index (χ0) is 22.1. The molecule has 8 nitrogen and oxygen atoms in total. The first-order valence-electron chi connectivity index (χ1n) is 9.05. The van der Waals surface area contributed by atoms with Gasteiger partial charge in [0.15, 0.2) is 0 Å². The molecule has 1 aromatic carbocycles. The molecule has 10 heteroatoms. The van der Waals surface area contributed by atoms with Crippen LogP contribution in [-0.2, 0) is 19.2 Å². The average molecular weight is 448 g/mol. The van der Waals surface area contributed by atoms with Gasteiger partial charge in [-0.1, -0.05) is 66.5 Å². The van der Waals surface area contributed by atoms with Crippen LogP contribution >= 0.6 is 24.0 Å². The van der Waals surface area contributed by atoms with Gasteiger partial charge in [0.2, 0.25) is 11.8 Å². The molecule has 0 saturated carbocycles. The lowest BCUT2D eigenvalue weighted by Gasteiger charge is -2.16. The molecule has 30 heavy (non-hydrogen) atoms. The Hall–Kier alpha value is -2.98. The van der Waals surface area contributed by atoms with Gasteiger partial charge in [-0.05, 0) is 18.1 Å². The predicted octanol–water partition coefficient (Wildman–Crippen LogP) is 1.67. The molecule has 3 amide bonds. The third-order valence-corrected chi connectivity index (χ3v) is 5.48. The molecule has 1 aliphatic rings. The average Bonchev–Trinajstić information content (AvgIpc) is 2.97. The second kappa shape index (κ2) is 11.3. The highest BCUT2D eigenvalue weighted by atomic mass is 32.2. The number of carbonyl (C=O) groups excluding carboxylic acids is 3. The summed E-state index contributed by atoms with van der Waals surface area (Å²) in [5.74, 6) is -2.78. The van der Waals surface area contributed by atoms with Crippen molar-refractivity contribution in [3.8, 4) is 0 Å². The molecule has 1 fully saturated rings. The van der Waals surface area contributed by atoms with Crippen LogP contribution in [0.4, 0.5) is 0 Å². The minimum absolute atomic E-state index is 0.0262. The van der Waals surface area contributed by atoms with Crippen molar-refractivity contribution in [1.82, 2.24) is 10.2 Å². The molecule has 1 aromatic rings. The SMILES string of the molecule is NC(=O)CCC(NC(=O)CCN1C(=O)/C(=C\C=C\c2ccccc2)SC1=S)C(=O)O. The standard InChI is InChI=1S/C20H21N3O5S2/c21-16(24)10-9-14(19(27)28)22-17(25)11-12-23-18(26)15(30-20(23)29)8-4-7-13-5-2-1-3-6-13/h1-8,14H,9-12H2,(H2,21,24)(H,22,25)(H,27,28)/b7-4+,15-8+. The Kier molecular flexibility index (Phi) is 8.75. The zero-order valence-electron chi connectivity index (χ0n) is 15.9. The number of benzene rings is 1. The van der Waals surface area contributed by atoms with E-state index in [0.29, 0.717) is 9.23 Å². The number of nitrogens with two attached hydrogens (primary N) is 1. The number of hydrogen-bond donors (Lipinski definition) is 3. The normalized spacial score (nSPS) is 16.3. The molecule has 1 aliphatic heterocycles. The Balaban J connectivity index is 1.89. The molecule has 0 radical (unpaired) electrons. The summed E-state index contributed by atoms with van der Waals surface area (Å²) in [6.07, 6.45) is 4.89. The van der Waals surface area contributed by atoms with Crippen LogP contribution in [0, 0.1) is 0 Å². The number of aliphatic carboxylic acids is 1. The molecule has 2 rings (SSSR count). The van der Waals surface area contributed by atoms with Gasteiger partial charge in [0.25, 0.3) is 5.91 Å². The van der Waals surface area contributed by atoms with Crippen molar-refractivity contribution in [3.05, 3.63) is 53.0 Å². The van der Waals surface area contributed by atoms with E-state index in [1.54, 1.807) is 12.2 Å². The summed E-state index contributed by atoms with van der Waals surface area (Å²) in [4.78, 5) is 48.3. The lowest BCUT2D eigenvalue weighted by atomic mass is 10.1. The van der Waals surface area contributed by atoms with E-state index in [4.69, 9.17) is 23.1 Å². The number of rotatable bonds is 10. The van der Waals surface area contributed by atoms with Crippen molar-refractivity contribution in [2.45, 2.75) is 25.3 Å². The maximum absolute atomic E-state index is 12.5. The number of allylic oxidation sites excluding steroid dienone is 2. The van der Waals surface area contributed by atoms with Gasteiger partial charge in [-0.15, -0.1) is 0 Å². The summed E-state index contributed by atoms with van der Waals surface area (Å²) < 4.78 is 0.329. The summed E-state index contributed by atoms with van der Waals surface area (Å²) in [5, 5.41) is 11.5. The van der Waals surface area contributed by atoms with Gasteiger partial charge in [0, 0.05) is 19.4 Å². The lowest BCUT2D eigenvalue weighted by molar-refractivity contribution is -0.142. The fourth-order valence-electron chi connectivity index (χ4n) is 2.54. The predicted molar refractivity (Wildman–Crippen MR) is 118 cm³/mol. The molecule has 1 atom stereocenters. The minimum Gasteiger partial charge on any atom is -0.480 e. The molecule has 158 valence electrons. The molecule has 0 spiro atoms. The van der Waals surface area contributed by atoms with Gasteiger partial charge in [-0.25, -0.2) is 4.79 Å². The Morgan fingerprint density at radius 1 is 1.23 bits per heavy atom. The number of nitrogens with zero attached hydrogens (tertiary/aromatic N) is 1. The van der Waals surface area contributed by atoms with E-state index in [1.807, 2.05) is 36.4 Å². The number of carboxylic acids is 1. The largest absolute Gasteiger partial charge is 0.480 e. The smallest absolute Gasteiger partial charge is 0.326 e. The van der Waals surface area contributed by atoms with Gasteiger partial charge >= 0.3 is 5.97 Å². The van der Waals surface area contributed by atoms with Crippen LogP contribution in [-0.4, -0.2) is 50.6 Å². The number of thioether (sulfide) groups is 1. The van der Waals surface area contributed by atoms with E-state index in [2.05, 4.69) is 5.32 Å². The minimum atomic E-state index is -1.26. The number of carboxylic acid groups (broad SMARTS) is 1. The van der Waals surface area contributed by atoms with Crippen molar-refractivity contribution >= 4 is 58.1 Å². The van der Waals surface area contributed by atoms with E-state index in [-0.39, 0.29) is 31.7 Å². The molecule has 1 unspecified atom stereocenters. The first-order valence-corrected chi connectivity index (χ1v) is 10.3. The Morgan fingerprint density at radius 2 is 1.93 bits per heavy atom. The molecular formula is C20H21N3O5S2. The summed E-state index contributed by atoms with van der Waals surface area (Å²) in [5.41, 5.74) is 6.00. The van der Waals surface area contributed by atoms with Crippen LogP contribution < -0.4 is 11.1 Å². The van der Waals surface area contributed by atoms with Crippen molar-refractivity contribution in [3.63, 3.8) is 0 Å². The van der Waals surface area contributed by atoms with Gasteiger partial charge in [0.1, 0.15) is 10.4 Å². The molecule has 0 aromatic heterocycles. The van der Waals surface area contributed by atoms with Crippen LogP contribution in [0.2, 0.25) is 0 Å². The highest BCUT2D eigenvalue weighted by molar-refractivity contribution is 8.26. The Bertz CT molecular complexity index is 899. The van der Waals surface area contributed by atoms with Crippen LogP contribution in [0.5, 0.6) is 0 Å². The number of nitrogens with one attached hydrogen (secondary N) is 1. The zero-order valence-corrected chi connectivity index (χ0v) is 17.6. The molecule has 0 bridgehead atoms. The third-order valence-electron chi connectivity index (χ3n) is 4.08. The van der Waals surface area contributed by atoms with Crippen molar-refractivity contribution < 1.29 is 24.3 Å². The molecule has 1 heterocycles. The van der Waals surface area contributed by atoms with Crippen LogP contribution in [0.15, 0.2) is 47.4 Å². The van der Waals surface area contributed by atoms with E-state index in [1.165, 1.54) is 4.90 Å². The summed E-state index contributed by atoms with van der Waals surface area (Å²) in [6.45, 7) is 0.0262. The second-order valence-corrected chi connectivity index (χ2v) is 8.01. The number of primary amides is 1. The molecule has 4 N–H and O–H groups in total. The summed E-state index contributed by atoms with van der Waals surface area (Å²) in [6, 6.07) is 8.37. The maximum atomic E-state index is 12.5. The third kappa shape index (κ3) is 7.12. The fourth-order valence-corrected chi connectivity index (χ4v) is 3.80. The summed E-state index contributed by atoms with van der Waals surface area (Å²) >= 11 is 6.36. The monoisotopic (exact) mass is 447 g/mol. The quantitative estimate of drug-likeness (QED) is 0.367. The van der Waals surface area contributed by atoms with Crippen LogP contribution in [0.1, 0.15) is 24.8 Å². The molecule has 1 saturated heterocycles. The molecule has 0 aliphatic carbocycles. The van der Waals surface area contributed by atoms with Gasteiger partial charge in [-0.3, -0.25) is 19.3 Å². The van der Waals surface area contributed by atoms with E-state index in [0.717, 1.165) is 17.3 Å². The maximum Gasteiger partial charge on any atom is 0.326 e. The van der Waals surface area contributed by atoms with E-state index >= 15 is 0 Å². The van der Waals surface area contributed by atoms with Gasteiger partial charge in [0.05, 0.1) is 4.91 Å². The highest BCUT2D eigenvalue weighted by Crippen LogP contribution is 2.31. The summed E-state index contributed by atoms with van der Waals surface area (Å²) in [7, 11) is 0. The Labute approximate surface area is 183 Å². The Morgan fingerprint density at radius 3 is 2.57 bits per heavy atom. The number of hydrogen-bond acceptors (Lipinski definition) is 6.